The van der Waals surface area contributed by atoms with Crippen molar-refractivity contribution >= 4 is 35.1 Å². The van der Waals surface area contributed by atoms with Gasteiger partial charge >= 0.3 is 5.97 Å². The number of ether oxygens (including phenoxy) is 2. The Morgan fingerprint density at radius 2 is 1.83 bits per heavy atom. The zero-order chi connectivity index (χ0) is 26.7. The minimum Gasteiger partial charge on any atom is -0.496 e. The largest absolute Gasteiger partial charge is 0.496 e. The summed E-state index contributed by atoms with van der Waals surface area (Å²) in [5.41, 5.74) is 4.24. The molecule has 9 heteroatoms. The van der Waals surface area contributed by atoms with Crippen molar-refractivity contribution in [3.05, 3.63) is 63.6 Å². The molecule has 1 saturated heterocycles. The minimum absolute atomic E-state index is 0.101. The molecule has 2 aromatic carbocycles. The van der Waals surface area contributed by atoms with Crippen LogP contribution in [0.3, 0.4) is 0 Å². The Labute approximate surface area is 222 Å². The van der Waals surface area contributed by atoms with Crippen molar-refractivity contribution < 1.29 is 24.2 Å². The fourth-order valence-electron chi connectivity index (χ4n) is 4.79. The summed E-state index contributed by atoms with van der Waals surface area (Å²) in [6, 6.07) is 10.7. The van der Waals surface area contributed by atoms with Gasteiger partial charge in [0.05, 0.1) is 13.5 Å². The van der Waals surface area contributed by atoms with Crippen molar-refractivity contribution in [1.29, 1.82) is 0 Å². The van der Waals surface area contributed by atoms with E-state index in [9.17, 15) is 14.7 Å². The lowest BCUT2D eigenvalue weighted by Crippen LogP contribution is -2.44. The van der Waals surface area contributed by atoms with Gasteiger partial charge < -0.3 is 25.6 Å². The van der Waals surface area contributed by atoms with Gasteiger partial charge in [-0.05, 0) is 60.6 Å². The first-order valence-corrected chi connectivity index (χ1v) is 12.6. The molecule has 4 N–H and O–H groups in total. The zero-order valence-electron chi connectivity index (χ0n) is 21.0. The summed E-state index contributed by atoms with van der Waals surface area (Å²) in [5, 5.41) is 16.1. The first-order valence-electron chi connectivity index (χ1n) is 11.9. The van der Waals surface area contributed by atoms with Crippen LogP contribution in [0, 0.1) is 5.41 Å². The standard InChI is InChI=1S/C27H34Cl2N2O5/c1-26(2,3)14-19-9-11-21(31-19)25(33)36-24(20-10-8-18(29)13-22(20)35-4)27(34,15-23(30)32)16-6-5-7-17(28)12-16/h5-8,10,12-13,19,21,24,31,34H,9,11,14-15H2,1-4H3,(H2,30,32)/t19?,21?,24-,27-/m0/s1. The summed E-state index contributed by atoms with van der Waals surface area (Å²) in [7, 11) is 1.44. The predicted octanol–water partition coefficient (Wildman–Crippen LogP) is 4.91. The molecule has 1 amide bonds. The van der Waals surface area contributed by atoms with Crippen molar-refractivity contribution in [2.24, 2.45) is 11.1 Å². The average molecular weight is 537 g/mol. The van der Waals surface area contributed by atoms with Crippen molar-refractivity contribution in [3.63, 3.8) is 0 Å². The Bertz CT molecular complexity index is 1100. The topological polar surface area (TPSA) is 111 Å². The molecule has 1 heterocycles. The Kier molecular flexibility index (Phi) is 8.93. The number of benzene rings is 2. The van der Waals surface area contributed by atoms with Gasteiger partial charge in [-0.3, -0.25) is 9.59 Å². The summed E-state index contributed by atoms with van der Waals surface area (Å²) in [6.45, 7) is 6.45. The van der Waals surface area contributed by atoms with Gasteiger partial charge in [0, 0.05) is 21.7 Å². The van der Waals surface area contributed by atoms with Gasteiger partial charge in [-0.1, -0.05) is 56.1 Å². The highest BCUT2D eigenvalue weighted by molar-refractivity contribution is 6.31. The van der Waals surface area contributed by atoms with E-state index >= 15 is 0 Å². The lowest BCUT2D eigenvalue weighted by atomic mass is 9.81. The predicted molar refractivity (Wildman–Crippen MR) is 140 cm³/mol. The molecule has 2 aromatic rings. The molecular formula is C27H34Cl2N2O5. The molecule has 3 rings (SSSR count). The second-order valence-electron chi connectivity index (χ2n) is 10.5. The van der Waals surface area contributed by atoms with Crippen LogP contribution in [-0.2, 0) is 19.9 Å². The van der Waals surface area contributed by atoms with Crippen LogP contribution in [-0.4, -0.2) is 36.2 Å². The number of primary amides is 1. The Balaban J connectivity index is 2.04. The van der Waals surface area contributed by atoms with Crippen molar-refractivity contribution in [1.82, 2.24) is 5.32 Å². The third-order valence-corrected chi connectivity index (χ3v) is 6.77. The van der Waals surface area contributed by atoms with Crippen LogP contribution >= 0.6 is 23.2 Å². The number of carbonyl (C=O) groups excluding carboxylic acids is 2. The third-order valence-electron chi connectivity index (χ3n) is 6.30. The maximum Gasteiger partial charge on any atom is 0.323 e. The van der Waals surface area contributed by atoms with E-state index in [1.54, 1.807) is 36.4 Å². The van der Waals surface area contributed by atoms with Gasteiger partial charge in [0.2, 0.25) is 5.91 Å². The number of hydrogen-bond acceptors (Lipinski definition) is 6. The molecule has 0 radical (unpaired) electrons. The van der Waals surface area contributed by atoms with Gasteiger partial charge in [0.1, 0.15) is 17.4 Å². The van der Waals surface area contributed by atoms with Gasteiger partial charge in [-0.15, -0.1) is 0 Å². The fourth-order valence-corrected chi connectivity index (χ4v) is 5.15. The number of methoxy groups -OCH3 is 1. The molecule has 196 valence electrons. The van der Waals surface area contributed by atoms with E-state index in [1.807, 2.05) is 0 Å². The van der Waals surface area contributed by atoms with Gasteiger partial charge in [-0.2, -0.15) is 0 Å². The van der Waals surface area contributed by atoms with Gasteiger partial charge in [0.15, 0.2) is 6.10 Å². The zero-order valence-corrected chi connectivity index (χ0v) is 22.5. The highest BCUT2D eigenvalue weighted by Crippen LogP contribution is 2.45. The monoisotopic (exact) mass is 536 g/mol. The van der Waals surface area contributed by atoms with Crippen LogP contribution in [0.1, 0.15) is 63.7 Å². The molecule has 4 atom stereocenters. The number of nitrogens with two attached hydrogens (primary N) is 1. The SMILES string of the molecule is COc1cc(Cl)ccc1[C@H](OC(=O)C1CCC(CC(C)(C)C)N1)[C@](O)(CC(N)=O)c1cccc(Cl)c1. The molecule has 7 nitrogen and oxygen atoms in total. The maximum absolute atomic E-state index is 13.4. The van der Waals surface area contributed by atoms with Crippen molar-refractivity contribution in [2.75, 3.05) is 7.11 Å². The minimum atomic E-state index is -2.03. The van der Waals surface area contributed by atoms with Crippen LogP contribution in [0.4, 0.5) is 0 Å². The van der Waals surface area contributed by atoms with Crippen molar-refractivity contribution in [2.45, 2.75) is 70.2 Å². The number of aliphatic hydroxyl groups is 1. The molecule has 0 spiro atoms. The fraction of sp³-hybridized carbons (Fsp3) is 0.481. The second kappa shape index (κ2) is 11.4. The van der Waals surface area contributed by atoms with E-state index in [2.05, 4.69) is 26.1 Å². The summed E-state index contributed by atoms with van der Waals surface area (Å²) in [5.74, 6) is -1.04. The number of rotatable bonds is 9. The molecule has 0 aromatic heterocycles. The van der Waals surface area contributed by atoms with E-state index in [0.717, 1.165) is 12.8 Å². The Morgan fingerprint density at radius 3 is 2.44 bits per heavy atom. The molecule has 0 aliphatic carbocycles. The van der Waals surface area contributed by atoms with Crippen LogP contribution in [0.5, 0.6) is 5.75 Å². The summed E-state index contributed by atoms with van der Waals surface area (Å²) in [4.78, 5) is 25.6. The molecule has 36 heavy (non-hydrogen) atoms. The van der Waals surface area contributed by atoms with Crippen LogP contribution < -0.4 is 15.8 Å². The molecule has 1 aliphatic heterocycles. The molecule has 0 bridgehead atoms. The van der Waals surface area contributed by atoms with E-state index < -0.39 is 36.0 Å². The highest BCUT2D eigenvalue weighted by atomic mass is 35.5. The normalized spacial score (nSPS) is 20.4. The molecule has 1 aliphatic rings. The number of nitrogens with one attached hydrogen (secondary N) is 1. The average Bonchev–Trinajstić information content (AvgIpc) is 3.23. The van der Waals surface area contributed by atoms with Crippen LogP contribution in [0.25, 0.3) is 0 Å². The number of esters is 1. The smallest absolute Gasteiger partial charge is 0.323 e. The number of hydrogen-bond donors (Lipinski definition) is 3. The first-order chi connectivity index (χ1) is 16.8. The Hall–Kier alpha value is -2.32. The highest BCUT2D eigenvalue weighted by Gasteiger charge is 2.46. The summed E-state index contributed by atoms with van der Waals surface area (Å²) < 4.78 is 11.5. The van der Waals surface area contributed by atoms with Crippen molar-refractivity contribution in [3.8, 4) is 5.75 Å². The Morgan fingerprint density at radius 1 is 1.14 bits per heavy atom. The summed E-state index contributed by atoms with van der Waals surface area (Å²) in [6.07, 6.45) is 0.453. The van der Waals surface area contributed by atoms with Crippen LogP contribution in [0.15, 0.2) is 42.5 Å². The van der Waals surface area contributed by atoms with E-state index in [0.29, 0.717) is 22.0 Å². The molecule has 0 saturated carbocycles. The van der Waals surface area contributed by atoms with Gasteiger partial charge in [-0.25, -0.2) is 0 Å². The molecule has 2 unspecified atom stereocenters. The quantitative estimate of drug-likeness (QED) is 0.392. The van der Waals surface area contributed by atoms with E-state index in [4.69, 9.17) is 38.4 Å². The molecule has 1 fully saturated rings. The number of carbonyl (C=O) groups is 2. The first kappa shape index (κ1) is 28.3. The number of amides is 1. The second-order valence-corrected chi connectivity index (χ2v) is 11.4. The lowest BCUT2D eigenvalue weighted by molar-refractivity contribution is -0.173. The number of halogens is 2. The summed E-state index contributed by atoms with van der Waals surface area (Å²) >= 11 is 12.4. The lowest BCUT2D eigenvalue weighted by Gasteiger charge is -2.37. The molecular weight excluding hydrogens is 503 g/mol. The third kappa shape index (κ3) is 6.91. The van der Waals surface area contributed by atoms with Crippen LogP contribution in [0.2, 0.25) is 10.0 Å². The maximum atomic E-state index is 13.4. The van der Waals surface area contributed by atoms with Gasteiger partial charge in [0.25, 0.3) is 0 Å². The van der Waals surface area contributed by atoms with E-state index in [1.165, 1.54) is 13.2 Å². The van der Waals surface area contributed by atoms with E-state index in [-0.39, 0.29) is 22.8 Å².